The summed E-state index contributed by atoms with van der Waals surface area (Å²) >= 11 is 5.80. The third kappa shape index (κ3) is 3.17. The zero-order valence-corrected chi connectivity index (χ0v) is 13.3. The van der Waals surface area contributed by atoms with Gasteiger partial charge in [-0.1, -0.05) is 42.5 Å². The lowest BCUT2D eigenvalue weighted by molar-refractivity contribution is -0.118. The van der Waals surface area contributed by atoms with Crippen molar-refractivity contribution in [3.05, 3.63) is 65.7 Å². The average Bonchev–Trinajstić information content (AvgIpc) is 2.56. The largest absolute Gasteiger partial charge is 0.309 e. The summed E-state index contributed by atoms with van der Waals surface area (Å²) < 4.78 is 0. The number of benzene rings is 2. The first-order valence-electron chi connectivity index (χ1n) is 7.79. The van der Waals surface area contributed by atoms with E-state index in [1.54, 1.807) is 0 Å². The molecule has 0 spiro atoms. The first kappa shape index (κ1) is 15.1. The third-order valence-electron chi connectivity index (χ3n) is 4.30. The number of alkyl halides is 1. The minimum atomic E-state index is 0.116. The average molecular weight is 314 g/mol. The van der Waals surface area contributed by atoms with Crippen molar-refractivity contribution in [2.45, 2.75) is 31.7 Å². The first-order chi connectivity index (χ1) is 10.8. The number of amides is 1. The standard InChI is InChI=1S/C19H20ClNO/c20-13-12-19(22)21(17-8-2-1-3-9-17)18-11-10-15-6-4-5-7-16(15)14-18/h1-9,18H,10-14H2. The molecule has 3 heteroatoms. The molecule has 3 rings (SSSR count). The van der Waals surface area contributed by atoms with Crippen LogP contribution >= 0.6 is 11.6 Å². The highest BCUT2D eigenvalue weighted by Gasteiger charge is 2.28. The number of anilines is 1. The lowest BCUT2D eigenvalue weighted by Crippen LogP contribution is -2.43. The smallest absolute Gasteiger partial charge is 0.228 e. The second kappa shape index (κ2) is 6.97. The van der Waals surface area contributed by atoms with Crippen molar-refractivity contribution in [2.75, 3.05) is 10.8 Å². The number of nitrogens with zero attached hydrogens (tertiary/aromatic N) is 1. The molecule has 0 saturated carbocycles. The second-order valence-electron chi connectivity index (χ2n) is 5.70. The summed E-state index contributed by atoms with van der Waals surface area (Å²) in [7, 11) is 0. The van der Waals surface area contributed by atoms with Gasteiger partial charge in [0.1, 0.15) is 0 Å². The van der Waals surface area contributed by atoms with Gasteiger partial charge in [-0.3, -0.25) is 4.79 Å². The number of hydrogen-bond donors (Lipinski definition) is 0. The van der Waals surface area contributed by atoms with E-state index in [0.717, 1.165) is 24.9 Å². The van der Waals surface area contributed by atoms with Crippen molar-refractivity contribution in [3.8, 4) is 0 Å². The number of fused-ring (bicyclic) bond motifs is 1. The number of hydrogen-bond acceptors (Lipinski definition) is 1. The molecule has 0 radical (unpaired) electrons. The van der Waals surface area contributed by atoms with Crippen LogP contribution in [0.4, 0.5) is 5.69 Å². The van der Waals surface area contributed by atoms with E-state index in [1.165, 1.54) is 11.1 Å². The number of rotatable bonds is 4. The predicted molar refractivity (Wildman–Crippen MR) is 91.5 cm³/mol. The Bertz CT molecular complexity index is 641. The number of para-hydroxylation sites is 1. The van der Waals surface area contributed by atoms with Crippen LogP contribution in [-0.2, 0) is 17.6 Å². The predicted octanol–water partition coefficient (Wildman–Crippen LogP) is 4.21. The Labute approximate surface area is 136 Å². The molecule has 0 fully saturated rings. The van der Waals surface area contributed by atoms with Gasteiger partial charge in [0.05, 0.1) is 0 Å². The Hall–Kier alpha value is -1.80. The zero-order valence-electron chi connectivity index (χ0n) is 12.5. The summed E-state index contributed by atoms with van der Waals surface area (Å²) in [5.41, 5.74) is 3.75. The SMILES string of the molecule is O=C(CCCl)N(c1ccccc1)C1CCc2ccccc2C1. The van der Waals surface area contributed by atoms with E-state index in [-0.39, 0.29) is 11.9 Å². The molecule has 114 valence electrons. The van der Waals surface area contributed by atoms with E-state index in [1.807, 2.05) is 35.2 Å². The van der Waals surface area contributed by atoms with E-state index in [2.05, 4.69) is 24.3 Å². The van der Waals surface area contributed by atoms with E-state index in [9.17, 15) is 4.79 Å². The summed E-state index contributed by atoms with van der Waals surface area (Å²) in [6, 6.07) is 18.7. The molecule has 0 aromatic heterocycles. The van der Waals surface area contributed by atoms with Crippen molar-refractivity contribution in [3.63, 3.8) is 0 Å². The molecule has 0 aliphatic heterocycles. The highest BCUT2D eigenvalue weighted by molar-refractivity contribution is 6.19. The maximum absolute atomic E-state index is 12.6. The molecule has 2 aromatic rings. The normalized spacial score (nSPS) is 16.9. The van der Waals surface area contributed by atoms with Crippen molar-refractivity contribution in [1.29, 1.82) is 0 Å². The molecule has 1 aliphatic carbocycles. The Morgan fingerprint density at radius 3 is 2.45 bits per heavy atom. The number of carbonyl (C=O) groups is 1. The van der Waals surface area contributed by atoms with Gasteiger partial charge in [0.25, 0.3) is 0 Å². The van der Waals surface area contributed by atoms with Crippen LogP contribution in [0.25, 0.3) is 0 Å². The Morgan fingerprint density at radius 2 is 1.73 bits per heavy atom. The second-order valence-corrected chi connectivity index (χ2v) is 6.08. The molecule has 0 bridgehead atoms. The van der Waals surface area contributed by atoms with Crippen LogP contribution in [0.5, 0.6) is 0 Å². The molecule has 0 N–H and O–H groups in total. The minimum Gasteiger partial charge on any atom is -0.309 e. The summed E-state index contributed by atoms with van der Waals surface area (Å²) in [6.07, 6.45) is 3.33. The van der Waals surface area contributed by atoms with Crippen molar-refractivity contribution < 1.29 is 4.79 Å². The molecule has 2 nitrogen and oxygen atoms in total. The summed E-state index contributed by atoms with van der Waals surface area (Å²) in [4.78, 5) is 14.6. The van der Waals surface area contributed by atoms with Gasteiger partial charge in [-0.2, -0.15) is 0 Å². The topological polar surface area (TPSA) is 20.3 Å². The summed E-state index contributed by atoms with van der Waals surface area (Å²) in [5.74, 6) is 0.483. The van der Waals surface area contributed by atoms with E-state index in [4.69, 9.17) is 11.6 Å². The Kier molecular flexibility index (Phi) is 4.79. The molecule has 0 saturated heterocycles. The highest BCUT2D eigenvalue weighted by Crippen LogP contribution is 2.28. The monoisotopic (exact) mass is 313 g/mol. The molecular formula is C19H20ClNO. The third-order valence-corrected chi connectivity index (χ3v) is 4.49. The molecule has 0 heterocycles. The number of halogens is 1. The summed E-state index contributed by atoms with van der Waals surface area (Å²) in [6.45, 7) is 0. The fraction of sp³-hybridized carbons (Fsp3) is 0.316. The van der Waals surface area contributed by atoms with Gasteiger partial charge in [-0.15, -0.1) is 11.6 Å². The lowest BCUT2D eigenvalue weighted by atomic mass is 9.87. The fourth-order valence-electron chi connectivity index (χ4n) is 3.25. The molecule has 22 heavy (non-hydrogen) atoms. The quantitative estimate of drug-likeness (QED) is 0.774. The van der Waals surface area contributed by atoms with Crippen molar-refractivity contribution >= 4 is 23.2 Å². The minimum absolute atomic E-state index is 0.116. The van der Waals surface area contributed by atoms with Gasteiger partial charge in [-0.25, -0.2) is 0 Å². The molecule has 1 unspecified atom stereocenters. The molecule has 1 aliphatic rings. The molecule has 2 aromatic carbocycles. The van der Waals surface area contributed by atoms with Crippen LogP contribution in [-0.4, -0.2) is 17.8 Å². The van der Waals surface area contributed by atoms with E-state index >= 15 is 0 Å². The van der Waals surface area contributed by atoms with Crippen LogP contribution in [0, 0.1) is 0 Å². The van der Waals surface area contributed by atoms with Crippen molar-refractivity contribution in [1.82, 2.24) is 0 Å². The van der Waals surface area contributed by atoms with Gasteiger partial charge < -0.3 is 4.90 Å². The van der Waals surface area contributed by atoms with E-state index in [0.29, 0.717) is 12.3 Å². The Morgan fingerprint density at radius 1 is 1.05 bits per heavy atom. The van der Waals surface area contributed by atoms with Crippen LogP contribution in [0.1, 0.15) is 24.0 Å². The fourth-order valence-corrected chi connectivity index (χ4v) is 3.41. The maximum Gasteiger partial charge on any atom is 0.228 e. The van der Waals surface area contributed by atoms with Crippen LogP contribution in [0.3, 0.4) is 0 Å². The zero-order chi connectivity index (χ0) is 15.4. The van der Waals surface area contributed by atoms with Gasteiger partial charge in [0.15, 0.2) is 0 Å². The van der Waals surface area contributed by atoms with Crippen LogP contribution in [0.2, 0.25) is 0 Å². The molecule has 1 amide bonds. The van der Waals surface area contributed by atoms with Gasteiger partial charge in [0.2, 0.25) is 5.91 Å². The Balaban J connectivity index is 1.89. The summed E-state index contributed by atoms with van der Waals surface area (Å²) in [5, 5.41) is 0. The maximum atomic E-state index is 12.6. The highest BCUT2D eigenvalue weighted by atomic mass is 35.5. The first-order valence-corrected chi connectivity index (χ1v) is 8.33. The van der Waals surface area contributed by atoms with Gasteiger partial charge in [0, 0.05) is 24.0 Å². The van der Waals surface area contributed by atoms with Crippen LogP contribution < -0.4 is 4.90 Å². The number of aryl methyl sites for hydroxylation is 1. The van der Waals surface area contributed by atoms with E-state index < -0.39 is 0 Å². The van der Waals surface area contributed by atoms with Crippen LogP contribution in [0.15, 0.2) is 54.6 Å². The lowest BCUT2D eigenvalue weighted by Gasteiger charge is -2.35. The van der Waals surface area contributed by atoms with Gasteiger partial charge >= 0.3 is 0 Å². The molecule has 1 atom stereocenters. The van der Waals surface area contributed by atoms with Crippen molar-refractivity contribution in [2.24, 2.45) is 0 Å². The molecular weight excluding hydrogens is 294 g/mol. The van der Waals surface area contributed by atoms with Gasteiger partial charge in [-0.05, 0) is 42.5 Å². The number of carbonyl (C=O) groups excluding carboxylic acids is 1.